The molecule has 1 amide bonds. The Bertz CT molecular complexity index is 936. The average Bonchev–Trinajstić information content (AvgIpc) is 3.29. The van der Waals surface area contributed by atoms with Crippen LogP contribution in [0.25, 0.3) is 0 Å². The first-order chi connectivity index (χ1) is 13.7. The minimum Gasteiger partial charge on any atom is -0.457 e. The van der Waals surface area contributed by atoms with Gasteiger partial charge in [-0.15, -0.1) is 0 Å². The van der Waals surface area contributed by atoms with Crippen molar-refractivity contribution in [1.82, 2.24) is 4.90 Å². The van der Waals surface area contributed by atoms with Gasteiger partial charge in [0.05, 0.1) is 5.56 Å². The Balaban J connectivity index is 1.41. The number of para-hydroxylation sites is 1. The molecule has 4 nitrogen and oxygen atoms in total. The molecule has 142 valence electrons. The summed E-state index contributed by atoms with van der Waals surface area (Å²) in [5.74, 6) is 1.41. The molecule has 4 rings (SSSR count). The van der Waals surface area contributed by atoms with Gasteiger partial charge in [0, 0.05) is 30.0 Å². The highest BCUT2D eigenvalue weighted by Gasteiger charge is 2.29. The summed E-state index contributed by atoms with van der Waals surface area (Å²) in [6.07, 6.45) is 1.66. The summed E-state index contributed by atoms with van der Waals surface area (Å²) >= 11 is 1.51. The van der Waals surface area contributed by atoms with Gasteiger partial charge in [0.2, 0.25) is 0 Å². The van der Waals surface area contributed by atoms with Crippen LogP contribution in [-0.2, 0) is 0 Å². The smallest absolute Gasteiger partial charge is 0.254 e. The molecule has 0 bridgehead atoms. The Kier molecular flexibility index (Phi) is 5.53. The molecule has 0 saturated carbocycles. The van der Waals surface area contributed by atoms with Gasteiger partial charge >= 0.3 is 0 Å². The lowest BCUT2D eigenvalue weighted by Gasteiger charge is -2.32. The van der Waals surface area contributed by atoms with Gasteiger partial charge in [0.15, 0.2) is 5.78 Å². The number of carbonyl (C=O) groups excluding carboxylic acids is 2. The summed E-state index contributed by atoms with van der Waals surface area (Å²) in [5.41, 5.74) is 1.37. The molecule has 5 heteroatoms. The van der Waals surface area contributed by atoms with E-state index >= 15 is 0 Å². The maximum atomic E-state index is 12.9. The molecule has 3 aromatic rings. The van der Waals surface area contributed by atoms with Gasteiger partial charge in [-0.2, -0.15) is 11.3 Å². The summed E-state index contributed by atoms with van der Waals surface area (Å²) in [6, 6.07) is 18.6. The van der Waals surface area contributed by atoms with E-state index in [-0.39, 0.29) is 17.6 Å². The maximum Gasteiger partial charge on any atom is 0.254 e. The van der Waals surface area contributed by atoms with E-state index in [2.05, 4.69) is 0 Å². The van der Waals surface area contributed by atoms with Crippen LogP contribution in [0.5, 0.6) is 11.5 Å². The number of Topliss-reactive ketones (excluding diaryl/α,β-unsaturated/α-hetero) is 1. The van der Waals surface area contributed by atoms with E-state index in [1.807, 2.05) is 59.3 Å². The van der Waals surface area contributed by atoms with Crippen molar-refractivity contribution in [2.24, 2.45) is 5.92 Å². The van der Waals surface area contributed by atoms with Gasteiger partial charge < -0.3 is 9.64 Å². The van der Waals surface area contributed by atoms with E-state index in [0.717, 1.165) is 18.6 Å². The number of ketones is 1. The van der Waals surface area contributed by atoms with Crippen LogP contribution >= 0.6 is 11.3 Å². The minimum atomic E-state index is -0.155. The normalized spacial score (nSPS) is 16.6. The van der Waals surface area contributed by atoms with E-state index in [1.165, 1.54) is 11.3 Å². The van der Waals surface area contributed by atoms with Crippen molar-refractivity contribution in [2.45, 2.75) is 12.8 Å². The number of likely N-dealkylation sites (tertiary alicyclic amines) is 1. The number of rotatable bonds is 5. The van der Waals surface area contributed by atoms with E-state index in [0.29, 0.717) is 30.0 Å². The van der Waals surface area contributed by atoms with Gasteiger partial charge in [-0.25, -0.2) is 0 Å². The number of amides is 1. The quantitative estimate of drug-likeness (QED) is 0.556. The SMILES string of the molecule is O=C(c1ccc(Oc2ccccc2)cc1)[C@@H]1CCCN(C(=O)c2ccsc2)C1. The molecule has 1 saturated heterocycles. The van der Waals surface area contributed by atoms with Crippen LogP contribution in [0.4, 0.5) is 0 Å². The Hall–Kier alpha value is -2.92. The van der Waals surface area contributed by atoms with Crippen molar-refractivity contribution in [3.63, 3.8) is 0 Å². The molecule has 0 unspecified atom stereocenters. The summed E-state index contributed by atoms with van der Waals surface area (Å²) in [6.45, 7) is 1.19. The second kappa shape index (κ2) is 8.40. The van der Waals surface area contributed by atoms with Gasteiger partial charge in [-0.1, -0.05) is 18.2 Å². The minimum absolute atomic E-state index is 0.0189. The molecule has 2 heterocycles. The number of carbonyl (C=O) groups is 2. The first-order valence-corrected chi connectivity index (χ1v) is 10.3. The number of benzene rings is 2. The second-order valence-electron chi connectivity index (χ2n) is 6.91. The van der Waals surface area contributed by atoms with Gasteiger partial charge in [0.1, 0.15) is 11.5 Å². The van der Waals surface area contributed by atoms with Gasteiger partial charge in [0.25, 0.3) is 5.91 Å². The number of hydrogen-bond donors (Lipinski definition) is 0. The summed E-state index contributed by atoms with van der Waals surface area (Å²) < 4.78 is 5.79. The van der Waals surface area contributed by atoms with Crippen molar-refractivity contribution in [3.8, 4) is 11.5 Å². The first kappa shape index (κ1) is 18.4. The molecule has 1 fully saturated rings. The largest absolute Gasteiger partial charge is 0.457 e. The lowest BCUT2D eigenvalue weighted by atomic mass is 9.89. The van der Waals surface area contributed by atoms with Gasteiger partial charge in [-0.05, 0) is 60.7 Å². The molecule has 0 N–H and O–H groups in total. The lowest BCUT2D eigenvalue weighted by molar-refractivity contribution is 0.0637. The summed E-state index contributed by atoms with van der Waals surface area (Å²) in [4.78, 5) is 27.3. The molecule has 0 spiro atoms. The van der Waals surface area contributed by atoms with Crippen LogP contribution in [0.2, 0.25) is 0 Å². The zero-order valence-corrected chi connectivity index (χ0v) is 16.2. The maximum absolute atomic E-state index is 12.9. The lowest BCUT2D eigenvalue weighted by Crippen LogP contribution is -2.42. The van der Waals surface area contributed by atoms with Crippen LogP contribution in [0, 0.1) is 5.92 Å². The Labute approximate surface area is 168 Å². The third kappa shape index (κ3) is 4.15. The van der Waals surface area contributed by atoms with Crippen LogP contribution < -0.4 is 4.74 Å². The zero-order chi connectivity index (χ0) is 19.3. The van der Waals surface area contributed by atoms with E-state index in [1.54, 1.807) is 17.0 Å². The van der Waals surface area contributed by atoms with Crippen molar-refractivity contribution < 1.29 is 14.3 Å². The Morgan fingerprint density at radius 1 is 0.929 bits per heavy atom. The summed E-state index contributed by atoms with van der Waals surface area (Å²) in [5, 5.41) is 3.76. The number of thiophene rings is 1. The fourth-order valence-electron chi connectivity index (χ4n) is 3.49. The molecule has 1 aliphatic heterocycles. The van der Waals surface area contributed by atoms with E-state index in [4.69, 9.17) is 4.74 Å². The highest BCUT2D eigenvalue weighted by molar-refractivity contribution is 7.08. The van der Waals surface area contributed by atoms with Crippen LogP contribution in [0.1, 0.15) is 33.6 Å². The van der Waals surface area contributed by atoms with Crippen LogP contribution in [0.15, 0.2) is 71.4 Å². The first-order valence-electron chi connectivity index (χ1n) is 9.39. The van der Waals surface area contributed by atoms with Gasteiger partial charge in [-0.3, -0.25) is 9.59 Å². The number of ether oxygens (including phenoxy) is 1. The number of hydrogen-bond acceptors (Lipinski definition) is 4. The molecule has 0 aliphatic carbocycles. The number of piperidine rings is 1. The standard InChI is InChI=1S/C23H21NO3S/c25-22(17-8-10-21(11-9-17)27-20-6-2-1-3-7-20)18-5-4-13-24(15-18)23(26)19-12-14-28-16-19/h1-3,6-12,14,16,18H,4-5,13,15H2/t18-/m1/s1. The molecule has 1 aromatic heterocycles. The van der Waals surface area contributed by atoms with Crippen molar-refractivity contribution in [2.75, 3.05) is 13.1 Å². The van der Waals surface area contributed by atoms with Crippen molar-refractivity contribution in [3.05, 3.63) is 82.6 Å². The fourth-order valence-corrected chi connectivity index (χ4v) is 4.12. The molecule has 28 heavy (non-hydrogen) atoms. The fraction of sp³-hybridized carbons (Fsp3) is 0.217. The monoisotopic (exact) mass is 391 g/mol. The molecular weight excluding hydrogens is 370 g/mol. The van der Waals surface area contributed by atoms with Crippen molar-refractivity contribution >= 4 is 23.0 Å². The molecule has 0 radical (unpaired) electrons. The Morgan fingerprint density at radius 2 is 1.68 bits per heavy atom. The van der Waals surface area contributed by atoms with E-state index < -0.39 is 0 Å². The van der Waals surface area contributed by atoms with Crippen LogP contribution in [-0.4, -0.2) is 29.7 Å². The topological polar surface area (TPSA) is 46.6 Å². The third-order valence-corrected chi connectivity index (χ3v) is 5.65. The summed E-state index contributed by atoms with van der Waals surface area (Å²) in [7, 11) is 0. The average molecular weight is 391 g/mol. The van der Waals surface area contributed by atoms with Crippen LogP contribution in [0.3, 0.4) is 0 Å². The highest BCUT2D eigenvalue weighted by atomic mass is 32.1. The Morgan fingerprint density at radius 3 is 2.39 bits per heavy atom. The molecular formula is C23H21NO3S. The number of nitrogens with zero attached hydrogens (tertiary/aromatic N) is 1. The molecule has 1 aliphatic rings. The predicted molar refractivity (Wildman–Crippen MR) is 110 cm³/mol. The van der Waals surface area contributed by atoms with Crippen molar-refractivity contribution in [1.29, 1.82) is 0 Å². The third-order valence-electron chi connectivity index (χ3n) is 4.97. The molecule has 2 aromatic carbocycles. The predicted octanol–water partition coefficient (Wildman–Crippen LogP) is 5.28. The van der Waals surface area contributed by atoms with E-state index in [9.17, 15) is 9.59 Å². The molecule has 1 atom stereocenters. The highest BCUT2D eigenvalue weighted by Crippen LogP contribution is 2.25. The zero-order valence-electron chi connectivity index (χ0n) is 15.4. The second-order valence-corrected chi connectivity index (χ2v) is 7.69.